The predicted molar refractivity (Wildman–Crippen MR) is 62.0 cm³/mol. The van der Waals surface area contributed by atoms with E-state index in [2.05, 4.69) is 22.9 Å². The quantitative estimate of drug-likeness (QED) is 0.476. The number of methoxy groups -OCH3 is 2. The average molecular weight is 219 g/mol. The molecule has 0 amide bonds. The van der Waals surface area contributed by atoms with Crippen LogP contribution in [0.2, 0.25) is 0 Å². The third-order valence-corrected chi connectivity index (χ3v) is 2.91. The Morgan fingerprint density at radius 1 is 1.13 bits per heavy atom. The molecule has 0 aromatic heterocycles. The SMILES string of the molecule is CNC(C)C(OC)C(COC)(NC)NC. The van der Waals surface area contributed by atoms with Crippen molar-refractivity contribution < 1.29 is 9.47 Å². The maximum absolute atomic E-state index is 5.54. The fourth-order valence-corrected chi connectivity index (χ4v) is 1.85. The zero-order valence-corrected chi connectivity index (χ0v) is 10.7. The van der Waals surface area contributed by atoms with Crippen LogP contribution in [0, 0.1) is 0 Å². The Balaban J connectivity index is 4.81. The summed E-state index contributed by atoms with van der Waals surface area (Å²) in [6, 6.07) is 0.213. The van der Waals surface area contributed by atoms with Gasteiger partial charge >= 0.3 is 0 Å². The highest BCUT2D eigenvalue weighted by Crippen LogP contribution is 2.14. The van der Waals surface area contributed by atoms with Gasteiger partial charge in [0.15, 0.2) is 0 Å². The fourth-order valence-electron chi connectivity index (χ4n) is 1.85. The molecule has 15 heavy (non-hydrogen) atoms. The van der Waals surface area contributed by atoms with E-state index in [0.717, 1.165) is 0 Å². The molecule has 0 bridgehead atoms. The van der Waals surface area contributed by atoms with Crippen LogP contribution in [0.15, 0.2) is 0 Å². The molecule has 0 saturated heterocycles. The molecule has 0 radical (unpaired) electrons. The van der Waals surface area contributed by atoms with Gasteiger partial charge in [0.25, 0.3) is 0 Å². The van der Waals surface area contributed by atoms with Crippen molar-refractivity contribution >= 4 is 0 Å². The molecule has 92 valence electrons. The van der Waals surface area contributed by atoms with E-state index in [1.807, 2.05) is 21.1 Å². The summed E-state index contributed by atoms with van der Waals surface area (Å²) in [4.78, 5) is 0. The summed E-state index contributed by atoms with van der Waals surface area (Å²) in [5, 5.41) is 9.65. The van der Waals surface area contributed by atoms with Crippen LogP contribution >= 0.6 is 0 Å². The van der Waals surface area contributed by atoms with Gasteiger partial charge in [-0.15, -0.1) is 0 Å². The van der Waals surface area contributed by atoms with Gasteiger partial charge in [0.05, 0.1) is 6.61 Å². The summed E-state index contributed by atoms with van der Waals surface area (Å²) < 4.78 is 10.8. The molecular weight excluding hydrogens is 194 g/mol. The van der Waals surface area contributed by atoms with Crippen LogP contribution in [0.4, 0.5) is 0 Å². The van der Waals surface area contributed by atoms with Crippen LogP contribution in [0.3, 0.4) is 0 Å². The largest absolute Gasteiger partial charge is 0.381 e. The molecule has 0 spiro atoms. The number of likely N-dealkylation sites (N-methyl/N-ethyl adjacent to an activating group) is 3. The van der Waals surface area contributed by atoms with Gasteiger partial charge in [0.2, 0.25) is 0 Å². The van der Waals surface area contributed by atoms with E-state index in [1.165, 1.54) is 0 Å². The number of hydrogen-bond acceptors (Lipinski definition) is 5. The average Bonchev–Trinajstić information content (AvgIpc) is 2.28. The van der Waals surface area contributed by atoms with Crippen LogP contribution in [-0.2, 0) is 9.47 Å². The van der Waals surface area contributed by atoms with Gasteiger partial charge in [-0.25, -0.2) is 0 Å². The van der Waals surface area contributed by atoms with E-state index in [-0.39, 0.29) is 17.8 Å². The topological polar surface area (TPSA) is 54.5 Å². The van der Waals surface area contributed by atoms with Crippen LogP contribution in [0.5, 0.6) is 0 Å². The molecule has 2 unspecified atom stereocenters. The van der Waals surface area contributed by atoms with Gasteiger partial charge in [0, 0.05) is 20.3 Å². The van der Waals surface area contributed by atoms with Crippen molar-refractivity contribution in [3.8, 4) is 0 Å². The fraction of sp³-hybridized carbons (Fsp3) is 1.00. The Bertz CT molecular complexity index is 163. The Morgan fingerprint density at radius 2 is 1.67 bits per heavy atom. The van der Waals surface area contributed by atoms with Crippen LogP contribution in [-0.4, -0.2) is 59.8 Å². The lowest BCUT2D eigenvalue weighted by Crippen LogP contribution is -2.69. The van der Waals surface area contributed by atoms with E-state index in [4.69, 9.17) is 9.47 Å². The lowest BCUT2D eigenvalue weighted by Gasteiger charge is -2.41. The molecule has 5 heteroatoms. The van der Waals surface area contributed by atoms with Crippen molar-refractivity contribution in [3.05, 3.63) is 0 Å². The van der Waals surface area contributed by atoms with Crippen LogP contribution in [0.1, 0.15) is 6.92 Å². The summed E-state index contributed by atoms with van der Waals surface area (Å²) in [6.45, 7) is 2.61. The summed E-state index contributed by atoms with van der Waals surface area (Å²) in [6.07, 6.45) is -0.0301. The van der Waals surface area contributed by atoms with Gasteiger partial charge in [-0.3, -0.25) is 10.6 Å². The van der Waals surface area contributed by atoms with Gasteiger partial charge < -0.3 is 14.8 Å². The smallest absolute Gasteiger partial charge is 0.121 e. The molecule has 0 aliphatic carbocycles. The Morgan fingerprint density at radius 3 is 1.93 bits per heavy atom. The molecule has 2 atom stereocenters. The number of hydrogen-bond donors (Lipinski definition) is 3. The lowest BCUT2D eigenvalue weighted by molar-refractivity contribution is -0.0481. The number of ether oxygens (including phenoxy) is 2. The van der Waals surface area contributed by atoms with Crippen molar-refractivity contribution in [2.75, 3.05) is 42.0 Å². The van der Waals surface area contributed by atoms with E-state index >= 15 is 0 Å². The molecule has 0 aromatic rings. The second kappa shape index (κ2) is 7.14. The zero-order valence-electron chi connectivity index (χ0n) is 10.7. The molecule has 0 rings (SSSR count). The van der Waals surface area contributed by atoms with Crippen molar-refractivity contribution in [1.29, 1.82) is 0 Å². The molecular formula is C10H25N3O2. The van der Waals surface area contributed by atoms with Crippen molar-refractivity contribution in [2.24, 2.45) is 0 Å². The van der Waals surface area contributed by atoms with Gasteiger partial charge in [0.1, 0.15) is 11.8 Å². The van der Waals surface area contributed by atoms with Crippen LogP contribution in [0.25, 0.3) is 0 Å². The summed E-state index contributed by atoms with van der Waals surface area (Å²) in [7, 11) is 9.09. The minimum Gasteiger partial charge on any atom is -0.381 e. The maximum Gasteiger partial charge on any atom is 0.121 e. The highest BCUT2D eigenvalue weighted by atomic mass is 16.5. The molecule has 5 nitrogen and oxygen atoms in total. The standard InChI is InChI=1S/C10H25N3O2/c1-8(11-2)9(15-6)10(12-3,13-4)7-14-5/h8-9,11-13H,7H2,1-6H3. The van der Waals surface area contributed by atoms with E-state index in [9.17, 15) is 0 Å². The minimum atomic E-state index is -0.383. The highest BCUT2D eigenvalue weighted by molar-refractivity contribution is 4.96. The summed E-state index contributed by atoms with van der Waals surface area (Å²) >= 11 is 0. The molecule has 3 N–H and O–H groups in total. The van der Waals surface area contributed by atoms with Crippen molar-refractivity contribution in [2.45, 2.75) is 24.7 Å². The van der Waals surface area contributed by atoms with Crippen molar-refractivity contribution in [3.63, 3.8) is 0 Å². The zero-order chi connectivity index (χ0) is 11.9. The van der Waals surface area contributed by atoms with Crippen LogP contribution < -0.4 is 16.0 Å². The lowest BCUT2D eigenvalue weighted by atomic mass is 9.97. The van der Waals surface area contributed by atoms with E-state index < -0.39 is 0 Å². The highest BCUT2D eigenvalue weighted by Gasteiger charge is 2.39. The number of nitrogens with one attached hydrogen (secondary N) is 3. The molecule has 0 aliphatic rings. The van der Waals surface area contributed by atoms with Crippen molar-refractivity contribution in [1.82, 2.24) is 16.0 Å². The van der Waals surface area contributed by atoms with Gasteiger partial charge in [-0.1, -0.05) is 0 Å². The third kappa shape index (κ3) is 3.39. The Labute approximate surface area is 92.9 Å². The monoisotopic (exact) mass is 219 g/mol. The van der Waals surface area contributed by atoms with Gasteiger partial charge in [-0.2, -0.15) is 0 Å². The van der Waals surface area contributed by atoms with E-state index in [0.29, 0.717) is 6.61 Å². The third-order valence-electron chi connectivity index (χ3n) is 2.91. The normalized spacial score (nSPS) is 16.4. The number of rotatable bonds is 8. The minimum absolute atomic E-state index is 0.0301. The first-order valence-electron chi connectivity index (χ1n) is 5.18. The first-order valence-corrected chi connectivity index (χ1v) is 5.18. The Kier molecular flexibility index (Phi) is 7.04. The molecule has 0 aromatic carbocycles. The molecule has 0 saturated carbocycles. The molecule has 0 fully saturated rings. The molecule has 0 aliphatic heterocycles. The summed E-state index contributed by atoms with van der Waals surface area (Å²) in [5.41, 5.74) is -0.383. The molecule has 0 heterocycles. The second-order valence-corrected chi connectivity index (χ2v) is 3.64. The van der Waals surface area contributed by atoms with E-state index in [1.54, 1.807) is 14.2 Å². The first-order chi connectivity index (χ1) is 7.11. The Hall–Kier alpha value is -0.200. The second-order valence-electron chi connectivity index (χ2n) is 3.64. The predicted octanol–water partition coefficient (Wildman–Crippen LogP) is -0.609. The summed E-state index contributed by atoms with van der Waals surface area (Å²) in [5.74, 6) is 0. The maximum atomic E-state index is 5.54. The first kappa shape index (κ1) is 14.8. The van der Waals surface area contributed by atoms with Gasteiger partial charge in [-0.05, 0) is 28.1 Å².